The molecule has 0 aliphatic carbocycles. The lowest BCUT2D eigenvalue weighted by Gasteiger charge is -2.38. The minimum atomic E-state index is -5.45. The third-order valence-electron chi connectivity index (χ3n) is 4.72. The van der Waals surface area contributed by atoms with E-state index in [0.29, 0.717) is 6.07 Å². The van der Waals surface area contributed by atoms with E-state index in [-0.39, 0.29) is 16.6 Å². The number of phenols is 1. The van der Waals surface area contributed by atoms with Crippen molar-refractivity contribution in [1.29, 1.82) is 0 Å². The number of aliphatic hydroxyl groups is 2. The molecule has 0 radical (unpaired) electrons. The van der Waals surface area contributed by atoms with Gasteiger partial charge in [-0.15, -0.1) is 0 Å². The molecule has 2 atom stereocenters. The highest BCUT2D eigenvalue weighted by Gasteiger charge is 2.59. The van der Waals surface area contributed by atoms with Gasteiger partial charge in [-0.1, -0.05) is 17.7 Å². The largest absolute Gasteiger partial charge is 0.505 e. The molecule has 1 heterocycles. The van der Waals surface area contributed by atoms with Crippen LogP contribution in [0.1, 0.15) is 11.6 Å². The van der Waals surface area contributed by atoms with Crippen LogP contribution >= 0.6 is 11.6 Å². The second kappa shape index (κ2) is 7.98. The van der Waals surface area contributed by atoms with E-state index >= 15 is 0 Å². The number of hydrogen-bond acceptors (Lipinski definition) is 5. The van der Waals surface area contributed by atoms with Crippen molar-refractivity contribution < 1.29 is 37.3 Å². The molecule has 3 aromatic rings. The molecule has 0 amide bonds. The van der Waals surface area contributed by atoms with Gasteiger partial charge in [0.25, 0.3) is 0 Å². The number of halogens is 6. The number of aromatic hydroxyl groups is 1. The Hall–Kier alpha value is -2.89. The number of rotatable bonds is 5. The molecule has 3 rings (SSSR count). The standard InChI is InChI=1S/C19H14ClF5N2O4/c20-15-10(1-3-13(29)16(15)22)17(18(31,7-28)19(23,24)25)27-12-6-8(21)5-11-9(12)2-4-14(30)26-11/h1-6,17,27-29,31H,7H2,(H,26,30)/t17-,18+/m0/s1. The van der Waals surface area contributed by atoms with Gasteiger partial charge in [-0.2, -0.15) is 13.2 Å². The number of phenolic OH excluding ortho intramolecular Hbond substituents is 1. The van der Waals surface area contributed by atoms with Gasteiger partial charge in [0.1, 0.15) is 5.82 Å². The summed E-state index contributed by atoms with van der Waals surface area (Å²) in [5.74, 6) is -3.36. The van der Waals surface area contributed by atoms with Crippen LogP contribution in [0.25, 0.3) is 10.9 Å². The Morgan fingerprint density at radius 2 is 1.81 bits per heavy atom. The fourth-order valence-electron chi connectivity index (χ4n) is 3.09. The molecule has 0 aliphatic heterocycles. The summed E-state index contributed by atoms with van der Waals surface area (Å²) in [4.78, 5) is 13.8. The first-order valence-corrected chi connectivity index (χ1v) is 8.93. The summed E-state index contributed by atoms with van der Waals surface area (Å²) in [7, 11) is 0. The summed E-state index contributed by atoms with van der Waals surface area (Å²) < 4.78 is 69.4. The lowest BCUT2D eigenvalue weighted by molar-refractivity contribution is -0.277. The Bertz CT molecular complexity index is 1200. The van der Waals surface area contributed by atoms with Crippen LogP contribution in [0.5, 0.6) is 5.75 Å². The Kier molecular flexibility index (Phi) is 5.87. The van der Waals surface area contributed by atoms with E-state index in [1.165, 1.54) is 6.07 Å². The fourth-order valence-corrected chi connectivity index (χ4v) is 3.35. The van der Waals surface area contributed by atoms with Crippen molar-refractivity contribution in [3.63, 3.8) is 0 Å². The van der Waals surface area contributed by atoms with Crippen LogP contribution in [0.2, 0.25) is 5.02 Å². The zero-order valence-corrected chi connectivity index (χ0v) is 16.0. The number of hydrogen-bond donors (Lipinski definition) is 5. The van der Waals surface area contributed by atoms with Crippen LogP contribution in [0, 0.1) is 11.6 Å². The predicted molar refractivity (Wildman–Crippen MR) is 102 cm³/mol. The molecule has 0 spiro atoms. The Balaban J connectivity index is 2.28. The molecule has 5 N–H and O–H groups in total. The number of anilines is 1. The van der Waals surface area contributed by atoms with Crippen LogP contribution < -0.4 is 10.9 Å². The topological polar surface area (TPSA) is 106 Å². The predicted octanol–water partition coefficient (Wildman–Crippen LogP) is 3.60. The van der Waals surface area contributed by atoms with E-state index in [2.05, 4.69) is 10.3 Å². The molecular weight excluding hydrogens is 451 g/mol. The minimum absolute atomic E-state index is 0.0591. The molecule has 2 aromatic carbocycles. The maximum Gasteiger partial charge on any atom is 0.421 e. The summed E-state index contributed by atoms with van der Waals surface area (Å²) in [5, 5.41) is 30.6. The Labute approximate surface area is 175 Å². The van der Waals surface area contributed by atoms with E-state index in [1.54, 1.807) is 0 Å². The minimum Gasteiger partial charge on any atom is -0.505 e. The second-order valence-electron chi connectivity index (χ2n) is 6.70. The van der Waals surface area contributed by atoms with Gasteiger partial charge in [-0.05, 0) is 29.8 Å². The van der Waals surface area contributed by atoms with E-state index in [9.17, 15) is 42.1 Å². The summed E-state index contributed by atoms with van der Waals surface area (Å²) in [5.41, 5.74) is -5.58. The zero-order chi connectivity index (χ0) is 23.1. The van der Waals surface area contributed by atoms with E-state index in [0.717, 1.165) is 24.3 Å². The number of aromatic amines is 1. The number of fused-ring (bicyclic) bond motifs is 1. The summed E-state index contributed by atoms with van der Waals surface area (Å²) in [6.07, 6.45) is -5.45. The van der Waals surface area contributed by atoms with Gasteiger partial charge in [-0.3, -0.25) is 4.79 Å². The van der Waals surface area contributed by atoms with Crippen molar-refractivity contribution in [3.8, 4) is 5.75 Å². The first kappa shape index (κ1) is 22.8. The molecule has 166 valence electrons. The maximum absolute atomic E-state index is 14.1. The first-order chi connectivity index (χ1) is 14.4. The average Bonchev–Trinajstić information content (AvgIpc) is 2.68. The van der Waals surface area contributed by atoms with E-state index < -0.39 is 58.0 Å². The van der Waals surface area contributed by atoms with Gasteiger partial charge in [0.2, 0.25) is 11.2 Å². The zero-order valence-electron chi connectivity index (χ0n) is 15.3. The normalized spacial score (nSPS) is 15.0. The number of alkyl halides is 3. The molecule has 0 bridgehead atoms. The number of pyridine rings is 1. The monoisotopic (exact) mass is 464 g/mol. The van der Waals surface area contributed by atoms with Gasteiger partial charge < -0.3 is 25.6 Å². The Morgan fingerprint density at radius 1 is 1.13 bits per heavy atom. The van der Waals surface area contributed by atoms with Crippen LogP contribution in [-0.4, -0.2) is 38.7 Å². The lowest BCUT2D eigenvalue weighted by atomic mass is 9.87. The summed E-state index contributed by atoms with van der Waals surface area (Å²) >= 11 is 5.79. The van der Waals surface area contributed by atoms with E-state index in [4.69, 9.17) is 11.6 Å². The highest BCUT2D eigenvalue weighted by Crippen LogP contribution is 2.45. The molecule has 31 heavy (non-hydrogen) atoms. The van der Waals surface area contributed by atoms with Crippen molar-refractivity contribution in [2.75, 3.05) is 11.9 Å². The fraction of sp³-hybridized carbons (Fsp3) is 0.211. The number of benzene rings is 2. The number of H-pyrrole nitrogens is 1. The molecule has 0 saturated heterocycles. The van der Waals surface area contributed by atoms with Crippen LogP contribution in [0.4, 0.5) is 27.6 Å². The van der Waals surface area contributed by atoms with Gasteiger partial charge in [0.15, 0.2) is 11.6 Å². The molecule has 1 aromatic heterocycles. The van der Waals surface area contributed by atoms with Crippen LogP contribution in [-0.2, 0) is 0 Å². The molecule has 0 aliphatic rings. The molecule has 12 heteroatoms. The summed E-state index contributed by atoms with van der Waals surface area (Å²) in [6, 6.07) is 3.11. The van der Waals surface area contributed by atoms with Gasteiger partial charge in [-0.25, -0.2) is 8.78 Å². The molecule has 0 fully saturated rings. The van der Waals surface area contributed by atoms with Gasteiger partial charge >= 0.3 is 6.18 Å². The van der Waals surface area contributed by atoms with Crippen molar-refractivity contribution in [2.45, 2.75) is 17.8 Å². The molecule has 6 nitrogen and oxygen atoms in total. The summed E-state index contributed by atoms with van der Waals surface area (Å²) in [6.45, 7) is -1.86. The van der Waals surface area contributed by atoms with Crippen molar-refractivity contribution in [1.82, 2.24) is 4.98 Å². The Morgan fingerprint density at radius 3 is 2.42 bits per heavy atom. The molecular formula is C19H14ClF5N2O4. The lowest BCUT2D eigenvalue weighted by Crippen LogP contribution is -2.55. The molecule has 0 unspecified atom stereocenters. The van der Waals surface area contributed by atoms with Crippen molar-refractivity contribution in [3.05, 3.63) is 69.0 Å². The molecule has 0 saturated carbocycles. The quantitative estimate of drug-likeness (QED) is 0.371. The smallest absolute Gasteiger partial charge is 0.421 e. The first-order valence-electron chi connectivity index (χ1n) is 8.55. The number of aromatic nitrogens is 1. The maximum atomic E-state index is 14.1. The van der Waals surface area contributed by atoms with Crippen molar-refractivity contribution in [2.24, 2.45) is 0 Å². The highest BCUT2D eigenvalue weighted by molar-refractivity contribution is 6.31. The second-order valence-corrected chi connectivity index (χ2v) is 7.07. The van der Waals surface area contributed by atoms with Crippen molar-refractivity contribution >= 4 is 28.2 Å². The van der Waals surface area contributed by atoms with Gasteiger partial charge in [0, 0.05) is 17.1 Å². The van der Waals surface area contributed by atoms with E-state index in [1.807, 2.05) is 0 Å². The highest BCUT2D eigenvalue weighted by atomic mass is 35.5. The van der Waals surface area contributed by atoms with Crippen LogP contribution in [0.15, 0.2) is 41.2 Å². The SMILES string of the molecule is O=c1ccc2c(N[C@@H](c3ccc(O)c(F)c3Cl)[C@](O)(CO)C(F)(F)F)cc(F)cc2[nH]1. The average molecular weight is 465 g/mol. The third-order valence-corrected chi connectivity index (χ3v) is 5.10. The number of nitrogens with one attached hydrogen (secondary N) is 2. The van der Waals surface area contributed by atoms with Crippen LogP contribution in [0.3, 0.4) is 0 Å². The van der Waals surface area contributed by atoms with Gasteiger partial charge in [0.05, 0.1) is 23.2 Å². The third kappa shape index (κ3) is 4.03. The number of aliphatic hydroxyl groups excluding tert-OH is 1.